The molecule has 0 fully saturated rings. The summed E-state index contributed by atoms with van der Waals surface area (Å²) in [6.07, 6.45) is 0.943. The lowest BCUT2D eigenvalue weighted by molar-refractivity contribution is -0.150. The number of carbonyl (C=O) groups excluding carboxylic acids is 2. The minimum Gasteiger partial charge on any atom is -0.482 e. The second kappa shape index (κ2) is 9.47. The molecule has 5 nitrogen and oxygen atoms in total. The Labute approximate surface area is 148 Å². The summed E-state index contributed by atoms with van der Waals surface area (Å²) in [4.78, 5) is 23.5. The van der Waals surface area contributed by atoms with E-state index >= 15 is 0 Å². The summed E-state index contributed by atoms with van der Waals surface area (Å²) in [5.74, 6) is -0.338. The van der Waals surface area contributed by atoms with Crippen LogP contribution in [0.25, 0.3) is 0 Å². The SMILES string of the molecule is CCc1ccc(OCC(=O)OCC(=O)N[C@H](C)c2ccccc2)cc1. The summed E-state index contributed by atoms with van der Waals surface area (Å²) in [6, 6.07) is 16.9. The first-order valence-corrected chi connectivity index (χ1v) is 8.30. The summed E-state index contributed by atoms with van der Waals surface area (Å²) < 4.78 is 10.3. The fraction of sp³-hybridized carbons (Fsp3) is 0.300. The van der Waals surface area contributed by atoms with E-state index in [0.717, 1.165) is 12.0 Å². The Morgan fingerprint density at radius 2 is 1.68 bits per heavy atom. The number of hydrogen-bond donors (Lipinski definition) is 1. The van der Waals surface area contributed by atoms with Crippen LogP contribution in [0.1, 0.15) is 31.0 Å². The van der Waals surface area contributed by atoms with Crippen molar-refractivity contribution < 1.29 is 19.1 Å². The molecule has 1 atom stereocenters. The van der Waals surface area contributed by atoms with E-state index in [9.17, 15) is 9.59 Å². The highest BCUT2D eigenvalue weighted by atomic mass is 16.6. The van der Waals surface area contributed by atoms with Crippen LogP contribution in [-0.2, 0) is 20.7 Å². The molecule has 5 heteroatoms. The van der Waals surface area contributed by atoms with Gasteiger partial charge in [-0.05, 0) is 36.6 Å². The molecule has 0 saturated heterocycles. The van der Waals surface area contributed by atoms with Crippen LogP contribution in [-0.4, -0.2) is 25.1 Å². The van der Waals surface area contributed by atoms with Gasteiger partial charge in [-0.1, -0.05) is 49.4 Å². The van der Waals surface area contributed by atoms with E-state index < -0.39 is 5.97 Å². The zero-order valence-electron chi connectivity index (χ0n) is 14.5. The lowest BCUT2D eigenvalue weighted by Crippen LogP contribution is -2.31. The van der Waals surface area contributed by atoms with E-state index in [1.807, 2.05) is 49.4 Å². The molecule has 0 saturated carbocycles. The largest absolute Gasteiger partial charge is 0.482 e. The normalized spacial score (nSPS) is 11.4. The van der Waals surface area contributed by atoms with Crippen molar-refractivity contribution in [2.24, 2.45) is 0 Å². The van der Waals surface area contributed by atoms with Crippen LogP contribution in [0.2, 0.25) is 0 Å². The number of aryl methyl sites for hydroxylation is 1. The Morgan fingerprint density at radius 1 is 1.00 bits per heavy atom. The molecular weight excluding hydrogens is 318 g/mol. The lowest BCUT2D eigenvalue weighted by Gasteiger charge is -2.14. The molecule has 0 aliphatic rings. The van der Waals surface area contributed by atoms with Crippen LogP contribution >= 0.6 is 0 Å². The molecule has 0 aromatic heterocycles. The fourth-order valence-corrected chi connectivity index (χ4v) is 2.26. The molecule has 2 aromatic carbocycles. The molecule has 0 spiro atoms. The van der Waals surface area contributed by atoms with Crippen LogP contribution in [0.3, 0.4) is 0 Å². The molecule has 132 valence electrons. The first-order chi connectivity index (χ1) is 12.1. The molecule has 0 aliphatic carbocycles. The summed E-state index contributed by atoms with van der Waals surface area (Å²) in [7, 11) is 0. The molecule has 0 aliphatic heterocycles. The minimum absolute atomic E-state index is 0.152. The van der Waals surface area contributed by atoms with Crippen LogP contribution in [0, 0.1) is 0 Å². The number of benzene rings is 2. The number of hydrogen-bond acceptors (Lipinski definition) is 4. The average Bonchev–Trinajstić information content (AvgIpc) is 2.65. The summed E-state index contributed by atoms with van der Waals surface area (Å²) in [5, 5.41) is 2.78. The summed E-state index contributed by atoms with van der Waals surface area (Å²) in [6.45, 7) is 3.39. The van der Waals surface area contributed by atoms with Gasteiger partial charge in [0.05, 0.1) is 6.04 Å². The highest BCUT2D eigenvalue weighted by Gasteiger charge is 2.12. The number of esters is 1. The second-order valence-electron chi connectivity index (χ2n) is 5.65. The maximum atomic E-state index is 11.8. The summed E-state index contributed by atoms with van der Waals surface area (Å²) in [5.41, 5.74) is 2.18. The maximum absolute atomic E-state index is 11.8. The van der Waals surface area contributed by atoms with Crippen molar-refractivity contribution in [3.8, 4) is 5.75 Å². The molecule has 0 bridgehead atoms. The molecule has 2 rings (SSSR count). The van der Waals surface area contributed by atoms with Gasteiger partial charge in [-0.3, -0.25) is 4.79 Å². The van der Waals surface area contributed by atoms with Crippen LogP contribution in [0.5, 0.6) is 5.75 Å². The average molecular weight is 341 g/mol. The molecule has 25 heavy (non-hydrogen) atoms. The Bertz CT molecular complexity index is 683. The molecule has 0 radical (unpaired) electrons. The van der Waals surface area contributed by atoms with E-state index in [-0.39, 0.29) is 25.2 Å². The number of nitrogens with one attached hydrogen (secondary N) is 1. The highest BCUT2D eigenvalue weighted by Crippen LogP contribution is 2.12. The number of ether oxygens (including phenoxy) is 2. The molecule has 1 amide bonds. The van der Waals surface area contributed by atoms with E-state index in [4.69, 9.17) is 9.47 Å². The van der Waals surface area contributed by atoms with Crippen molar-refractivity contribution in [1.29, 1.82) is 0 Å². The minimum atomic E-state index is -0.581. The van der Waals surface area contributed by atoms with Gasteiger partial charge in [-0.15, -0.1) is 0 Å². The Balaban J connectivity index is 1.69. The Morgan fingerprint density at radius 3 is 2.32 bits per heavy atom. The topological polar surface area (TPSA) is 64.6 Å². The predicted molar refractivity (Wildman–Crippen MR) is 95.3 cm³/mol. The van der Waals surface area contributed by atoms with Gasteiger partial charge >= 0.3 is 5.97 Å². The van der Waals surface area contributed by atoms with E-state index in [2.05, 4.69) is 12.2 Å². The number of amides is 1. The van der Waals surface area contributed by atoms with Gasteiger partial charge in [0.1, 0.15) is 5.75 Å². The Kier molecular flexibility index (Phi) is 7.01. The van der Waals surface area contributed by atoms with Gasteiger partial charge < -0.3 is 14.8 Å². The molecule has 1 N–H and O–H groups in total. The standard InChI is InChI=1S/C20H23NO4/c1-3-16-9-11-18(12-10-16)24-14-20(23)25-13-19(22)21-15(2)17-7-5-4-6-8-17/h4-12,15H,3,13-14H2,1-2H3,(H,21,22)/t15-/m1/s1. The third kappa shape index (κ3) is 6.30. The monoisotopic (exact) mass is 341 g/mol. The van der Waals surface area contributed by atoms with Crippen LogP contribution in [0.4, 0.5) is 0 Å². The van der Waals surface area contributed by atoms with Gasteiger partial charge in [0.2, 0.25) is 0 Å². The van der Waals surface area contributed by atoms with E-state index in [0.29, 0.717) is 5.75 Å². The Hall–Kier alpha value is -2.82. The van der Waals surface area contributed by atoms with Crippen molar-refractivity contribution in [3.05, 3.63) is 65.7 Å². The van der Waals surface area contributed by atoms with Gasteiger partial charge in [0, 0.05) is 0 Å². The highest BCUT2D eigenvalue weighted by molar-refractivity contribution is 5.81. The fourth-order valence-electron chi connectivity index (χ4n) is 2.26. The predicted octanol–water partition coefficient (Wildman–Crippen LogP) is 3.05. The molecule has 0 heterocycles. The van der Waals surface area contributed by atoms with Crippen LogP contribution < -0.4 is 10.1 Å². The van der Waals surface area contributed by atoms with Gasteiger partial charge in [-0.25, -0.2) is 4.79 Å². The smallest absolute Gasteiger partial charge is 0.344 e. The zero-order chi connectivity index (χ0) is 18.1. The number of carbonyl (C=O) groups is 2. The molecule has 0 unspecified atom stereocenters. The van der Waals surface area contributed by atoms with Crippen molar-refractivity contribution in [3.63, 3.8) is 0 Å². The number of rotatable bonds is 8. The summed E-state index contributed by atoms with van der Waals surface area (Å²) >= 11 is 0. The van der Waals surface area contributed by atoms with E-state index in [1.165, 1.54) is 5.56 Å². The van der Waals surface area contributed by atoms with Gasteiger partial charge in [-0.2, -0.15) is 0 Å². The third-order valence-electron chi connectivity index (χ3n) is 3.73. The van der Waals surface area contributed by atoms with Gasteiger partial charge in [0.15, 0.2) is 13.2 Å². The third-order valence-corrected chi connectivity index (χ3v) is 3.73. The zero-order valence-corrected chi connectivity index (χ0v) is 14.5. The first-order valence-electron chi connectivity index (χ1n) is 8.30. The van der Waals surface area contributed by atoms with Crippen molar-refractivity contribution in [2.75, 3.05) is 13.2 Å². The van der Waals surface area contributed by atoms with E-state index in [1.54, 1.807) is 12.1 Å². The first kappa shape index (κ1) is 18.5. The van der Waals surface area contributed by atoms with Crippen LogP contribution in [0.15, 0.2) is 54.6 Å². The molecular formula is C20H23NO4. The lowest BCUT2D eigenvalue weighted by atomic mass is 10.1. The van der Waals surface area contributed by atoms with Gasteiger partial charge in [0.25, 0.3) is 5.91 Å². The quantitative estimate of drug-likeness (QED) is 0.750. The molecule has 2 aromatic rings. The maximum Gasteiger partial charge on any atom is 0.344 e. The van der Waals surface area contributed by atoms with Crippen molar-refractivity contribution >= 4 is 11.9 Å². The second-order valence-corrected chi connectivity index (χ2v) is 5.65. The van der Waals surface area contributed by atoms with Crippen molar-refractivity contribution in [2.45, 2.75) is 26.3 Å². The van der Waals surface area contributed by atoms with Crippen molar-refractivity contribution in [1.82, 2.24) is 5.32 Å².